The summed E-state index contributed by atoms with van der Waals surface area (Å²) < 4.78 is 49.6. The Balaban J connectivity index is 1.37. The second kappa shape index (κ2) is 17.2. The highest BCUT2D eigenvalue weighted by molar-refractivity contribution is 7.92. The number of hydrogen-bond donors (Lipinski definition) is 1. The number of carbonyl (C=O) groups is 2. The van der Waals surface area contributed by atoms with Crippen LogP contribution in [0.25, 0.3) is 0 Å². The van der Waals surface area contributed by atoms with Crippen LogP contribution >= 0.6 is 0 Å². The third-order valence-electron chi connectivity index (χ3n) is 9.20. The van der Waals surface area contributed by atoms with Gasteiger partial charge in [0.25, 0.3) is 10.0 Å². The Kier molecular flexibility index (Phi) is 12.0. The summed E-state index contributed by atoms with van der Waals surface area (Å²) in [4.78, 5) is 30.4. The molecule has 268 valence electrons. The molecule has 1 N–H and O–H groups in total. The van der Waals surface area contributed by atoms with Crippen LogP contribution in [0.2, 0.25) is 0 Å². The smallest absolute Gasteiger partial charge is 0.264 e. The number of amides is 2. The predicted octanol–water partition coefficient (Wildman–Crippen LogP) is 7.90. The fourth-order valence-corrected chi connectivity index (χ4v) is 7.87. The van der Waals surface area contributed by atoms with Crippen LogP contribution in [-0.4, -0.2) is 43.8 Å². The Hall–Kier alpha value is -5.48. The van der Waals surface area contributed by atoms with Crippen LogP contribution < -0.4 is 14.4 Å². The van der Waals surface area contributed by atoms with Gasteiger partial charge in [-0.3, -0.25) is 13.9 Å². The summed E-state index contributed by atoms with van der Waals surface area (Å²) >= 11 is 0. The summed E-state index contributed by atoms with van der Waals surface area (Å²) in [5.41, 5.74) is 1.68. The molecule has 0 aliphatic heterocycles. The average molecular weight is 720 g/mol. The van der Waals surface area contributed by atoms with Crippen LogP contribution in [0.1, 0.15) is 43.2 Å². The summed E-state index contributed by atoms with van der Waals surface area (Å²) in [7, 11) is -4.27. The zero-order valence-corrected chi connectivity index (χ0v) is 29.6. The fraction of sp³-hybridized carbons (Fsp3) is 0.238. The van der Waals surface area contributed by atoms with Crippen molar-refractivity contribution < 1.29 is 27.1 Å². The number of halogens is 1. The van der Waals surface area contributed by atoms with Crippen molar-refractivity contribution in [3.63, 3.8) is 0 Å². The molecule has 0 unspecified atom stereocenters. The molecule has 0 radical (unpaired) electrons. The van der Waals surface area contributed by atoms with Crippen LogP contribution in [0.3, 0.4) is 0 Å². The first-order valence-electron chi connectivity index (χ1n) is 17.6. The quantitative estimate of drug-likeness (QED) is 0.126. The molecule has 52 heavy (non-hydrogen) atoms. The lowest BCUT2D eigenvalue weighted by molar-refractivity contribution is -0.140. The molecule has 1 aliphatic rings. The van der Waals surface area contributed by atoms with Gasteiger partial charge < -0.3 is 15.0 Å². The van der Waals surface area contributed by atoms with Crippen molar-refractivity contribution in [1.82, 2.24) is 10.2 Å². The van der Waals surface area contributed by atoms with E-state index in [0.29, 0.717) is 17.1 Å². The molecule has 5 aromatic carbocycles. The molecule has 0 bridgehead atoms. The Morgan fingerprint density at radius 2 is 1.29 bits per heavy atom. The van der Waals surface area contributed by atoms with Gasteiger partial charge in [0.15, 0.2) is 0 Å². The molecule has 0 aromatic heterocycles. The Bertz CT molecular complexity index is 2010. The second-order valence-electron chi connectivity index (χ2n) is 12.9. The van der Waals surface area contributed by atoms with Crippen molar-refractivity contribution in [2.45, 2.75) is 62.0 Å². The molecular weight excluding hydrogens is 678 g/mol. The minimum absolute atomic E-state index is 0.00775. The highest BCUT2D eigenvalue weighted by Gasteiger charge is 2.35. The molecule has 1 fully saturated rings. The van der Waals surface area contributed by atoms with E-state index in [-0.39, 0.29) is 35.5 Å². The molecule has 10 heteroatoms. The number of nitrogens with zero attached hydrogens (tertiary/aromatic N) is 2. The van der Waals surface area contributed by atoms with Crippen molar-refractivity contribution in [3.8, 4) is 11.5 Å². The third kappa shape index (κ3) is 9.44. The first-order chi connectivity index (χ1) is 25.3. The van der Waals surface area contributed by atoms with Crippen molar-refractivity contribution in [1.29, 1.82) is 0 Å². The summed E-state index contributed by atoms with van der Waals surface area (Å²) in [6, 6.07) is 37.7. The largest absolute Gasteiger partial charge is 0.457 e. The summed E-state index contributed by atoms with van der Waals surface area (Å²) in [5.74, 6) is -0.234. The molecule has 1 aliphatic carbocycles. The number of rotatable bonds is 14. The van der Waals surface area contributed by atoms with E-state index in [9.17, 15) is 22.4 Å². The van der Waals surface area contributed by atoms with Gasteiger partial charge in [-0.05, 0) is 84.6 Å². The number of hydrogen-bond acceptors (Lipinski definition) is 5. The lowest BCUT2D eigenvalue weighted by Crippen LogP contribution is -2.55. The van der Waals surface area contributed by atoms with Crippen molar-refractivity contribution in [3.05, 3.63) is 156 Å². The molecule has 5 aromatic rings. The van der Waals surface area contributed by atoms with Crippen molar-refractivity contribution in [2.75, 3.05) is 10.8 Å². The van der Waals surface area contributed by atoms with E-state index in [1.165, 1.54) is 29.2 Å². The van der Waals surface area contributed by atoms with Gasteiger partial charge in [0.1, 0.15) is 29.9 Å². The van der Waals surface area contributed by atoms with Gasteiger partial charge in [-0.15, -0.1) is 0 Å². The van der Waals surface area contributed by atoms with Gasteiger partial charge in [0.05, 0.1) is 10.6 Å². The van der Waals surface area contributed by atoms with Crippen LogP contribution in [0.4, 0.5) is 10.1 Å². The van der Waals surface area contributed by atoms with E-state index in [2.05, 4.69) is 5.32 Å². The number of sulfonamides is 1. The number of carbonyl (C=O) groups excluding carboxylic acids is 2. The van der Waals surface area contributed by atoms with Crippen LogP contribution in [0, 0.1) is 5.82 Å². The van der Waals surface area contributed by atoms with Gasteiger partial charge in [-0.2, -0.15) is 0 Å². The van der Waals surface area contributed by atoms with Gasteiger partial charge in [-0.1, -0.05) is 98.1 Å². The van der Waals surface area contributed by atoms with Crippen LogP contribution in [0.5, 0.6) is 11.5 Å². The first kappa shape index (κ1) is 36.3. The lowest BCUT2D eigenvalue weighted by Gasteiger charge is -2.35. The van der Waals surface area contributed by atoms with Crippen LogP contribution in [0.15, 0.2) is 144 Å². The molecule has 0 spiro atoms. The first-order valence-corrected chi connectivity index (χ1v) is 19.0. The van der Waals surface area contributed by atoms with Gasteiger partial charge in [0, 0.05) is 19.0 Å². The topological polar surface area (TPSA) is 96.0 Å². The van der Waals surface area contributed by atoms with E-state index in [0.717, 1.165) is 42.0 Å². The van der Waals surface area contributed by atoms with Crippen molar-refractivity contribution >= 4 is 27.5 Å². The summed E-state index contributed by atoms with van der Waals surface area (Å²) in [6.07, 6.45) is 5.02. The highest BCUT2D eigenvalue weighted by Crippen LogP contribution is 2.29. The van der Waals surface area contributed by atoms with E-state index in [1.54, 1.807) is 54.6 Å². The number of ether oxygens (including phenoxy) is 1. The molecule has 1 saturated carbocycles. The number of para-hydroxylation sites is 1. The zero-order valence-electron chi connectivity index (χ0n) is 28.8. The molecule has 0 heterocycles. The standard InChI is InChI=1S/C42H42FN3O5S/c43-34-23-21-33(22-24-34)30-45(40(29-32-13-5-1-6-14-32)42(48)44-35-15-7-2-8-16-35)41(47)31-46(52(49,50)39-19-11-4-12-20-39)36-25-27-38(28-26-36)51-37-17-9-3-10-18-37/h1,3-6,9-14,17-28,35,40H,2,7-8,15-16,29-31H2,(H,44,48)/t40-/m1/s1. The fourth-order valence-electron chi connectivity index (χ4n) is 6.44. The van der Waals surface area contributed by atoms with Crippen LogP contribution in [-0.2, 0) is 32.6 Å². The molecule has 1 atom stereocenters. The van der Waals surface area contributed by atoms with E-state index in [4.69, 9.17) is 4.74 Å². The average Bonchev–Trinajstić information content (AvgIpc) is 3.18. The SMILES string of the molecule is O=C(NC1CCCCC1)[C@@H](Cc1ccccc1)N(Cc1ccc(F)cc1)C(=O)CN(c1ccc(Oc2ccccc2)cc1)S(=O)(=O)c1ccccc1. The second-order valence-corrected chi connectivity index (χ2v) is 14.8. The molecule has 6 rings (SSSR count). The minimum Gasteiger partial charge on any atom is -0.457 e. The number of nitrogens with one attached hydrogen (secondary N) is 1. The maximum Gasteiger partial charge on any atom is 0.264 e. The van der Waals surface area contributed by atoms with Gasteiger partial charge >= 0.3 is 0 Å². The molecule has 2 amide bonds. The van der Waals surface area contributed by atoms with E-state index < -0.39 is 34.3 Å². The number of anilines is 1. The molecule has 8 nitrogen and oxygen atoms in total. The van der Waals surface area contributed by atoms with Crippen molar-refractivity contribution in [2.24, 2.45) is 0 Å². The monoisotopic (exact) mass is 719 g/mol. The third-order valence-corrected chi connectivity index (χ3v) is 11.0. The maximum atomic E-state index is 14.8. The Morgan fingerprint density at radius 3 is 1.92 bits per heavy atom. The Labute approximate surface area is 304 Å². The summed E-state index contributed by atoms with van der Waals surface area (Å²) in [5, 5.41) is 3.20. The highest BCUT2D eigenvalue weighted by atomic mass is 32.2. The predicted molar refractivity (Wildman–Crippen MR) is 200 cm³/mol. The normalized spacial score (nSPS) is 13.9. The zero-order chi connectivity index (χ0) is 36.3. The molecule has 0 saturated heterocycles. The van der Waals surface area contributed by atoms with E-state index in [1.807, 2.05) is 60.7 Å². The Morgan fingerprint density at radius 1 is 0.712 bits per heavy atom. The maximum absolute atomic E-state index is 14.8. The molecular formula is C42H42FN3O5S. The van der Waals surface area contributed by atoms with Gasteiger partial charge in [-0.25, -0.2) is 12.8 Å². The van der Waals surface area contributed by atoms with E-state index >= 15 is 0 Å². The lowest BCUT2D eigenvalue weighted by atomic mass is 9.94. The number of benzene rings is 5. The summed E-state index contributed by atoms with van der Waals surface area (Å²) in [6.45, 7) is -0.642. The van der Waals surface area contributed by atoms with Gasteiger partial charge in [0.2, 0.25) is 11.8 Å². The minimum atomic E-state index is -4.27.